The van der Waals surface area contributed by atoms with Gasteiger partial charge in [0, 0.05) is 18.8 Å². The molecule has 0 aliphatic carbocycles. The van der Waals surface area contributed by atoms with Crippen molar-refractivity contribution in [3.05, 3.63) is 18.2 Å². The summed E-state index contributed by atoms with van der Waals surface area (Å²) in [4.78, 5) is 7.45. The molecule has 0 aromatic carbocycles. The van der Waals surface area contributed by atoms with E-state index in [1.54, 1.807) is 0 Å². The standard InChI is InChI=1S/C21H40N2.ClH/c1-2-3-4-5-6-7-8-9-10-11-12-13-14-15-16-17-18-21-22-19-20-23-21;/h19-20H,2-18H2,1H3,(H,22,23);1H. The van der Waals surface area contributed by atoms with Gasteiger partial charge in [-0.3, -0.25) is 0 Å². The van der Waals surface area contributed by atoms with Gasteiger partial charge < -0.3 is 4.98 Å². The lowest BCUT2D eigenvalue weighted by atomic mass is 10.0. The molecule has 0 spiro atoms. The number of H-pyrrole nitrogens is 1. The summed E-state index contributed by atoms with van der Waals surface area (Å²) in [5.74, 6) is 1.15. The summed E-state index contributed by atoms with van der Waals surface area (Å²) in [5, 5.41) is 0. The number of halogens is 1. The number of nitrogens with zero attached hydrogens (tertiary/aromatic N) is 1. The number of aromatic nitrogens is 2. The molecule has 0 unspecified atom stereocenters. The Labute approximate surface area is 157 Å². The highest BCUT2D eigenvalue weighted by Gasteiger charge is 1.96. The van der Waals surface area contributed by atoms with E-state index >= 15 is 0 Å². The fourth-order valence-corrected chi connectivity index (χ4v) is 3.28. The minimum absolute atomic E-state index is 0. The van der Waals surface area contributed by atoms with Crippen molar-refractivity contribution in [2.45, 2.75) is 116 Å². The number of nitrogens with one attached hydrogen (secondary N) is 1. The predicted octanol–water partition coefficient (Wildman–Crippen LogP) is 7.64. The van der Waals surface area contributed by atoms with Crippen LogP contribution >= 0.6 is 12.4 Å². The molecule has 1 aromatic heterocycles. The molecule has 1 rings (SSSR count). The molecular formula is C21H41ClN2. The second kappa shape index (κ2) is 18.8. The monoisotopic (exact) mass is 356 g/mol. The minimum Gasteiger partial charge on any atom is -0.349 e. The molecule has 0 aliphatic rings. The zero-order chi connectivity index (χ0) is 16.4. The van der Waals surface area contributed by atoms with E-state index in [1.165, 1.54) is 103 Å². The lowest BCUT2D eigenvalue weighted by molar-refractivity contribution is 0.529. The fourth-order valence-electron chi connectivity index (χ4n) is 3.28. The Morgan fingerprint density at radius 2 is 1.08 bits per heavy atom. The summed E-state index contributed by atoms with van der Waals surface area (Å²) >= 11 is 0. The number of aromatic amines is 1. The summed E-state index contributed by atoms with van der Waals surface area (Å²) in [5.41, 5.74) is 0. The average molecular weight is 357 g/mol. The van der Waals surface area contributed by atoms with Gasteiger partial charge in [0.15, 0.2) is 0 Å². The number of imidazole rings is 1. The van der Waals surface area contributed by atoms with E-state index in [2.05, 4.69) is 16.9 Å². The van der Waals surface area contributed by atoms with Crippen molar-refractivity contribution in [1.82, 2.24) is 9.97 Å². The largest absolute Gasteiger partial charge is 0.349 e. The highest BCUT2D eigenvalue weighted by Crippen LogP contribution is 2.14. The lowest BCUT2D eigenvalue weighted by Crippen LogP contribution is -1.88. The van der Waals surface area contributed by atoms with Crippen LogP contribution in [0.2, 0.25) is 0 Å². The maximum absolute atomic E-state index is 4.27. The van der Waals surface area contributed by atoms with Crippen LogP contribution in [0.15, 0.2) is 12.4 Å². The van der Waals surface area contributed by atoms with Gasteiger partial charge in [-0.1, -0.05) is 103 Å². The Kier molecular flexibility index (Phi) is 18.4. The molecular weight excluding hydrogens is 316 g/mol. The van der Waals surface area contributed by atoms with E-state index in [-0.39, 0.29) is 12.4 Å². The van der Waals surface area contributed by atoms with Gasteiger partial charge in [-0.25, -0.2) is 4.98 Å². The molecule has 0 aliphatic heterocycles. The van der Waals surface area contributed by atoms with Gasteiger partial charge in [-0.15, -0.1) is 12.4 Å². The summed E-state index contributed by atoms with van der Waals surface area (Å²) in [6, 6.07) is 0. The average Bonchev–Trinajstić information content (AvgIpc) is 3.08. The van der Waals surface area contributed by atoms with Gasteiger partial charge >= 0.3 is 0 Å². The van der Waals surface area contributed by atoms with Crippen LogP contribution in [0.4, 0.5) is 0 Å². The molecule has 2 nitrogen and oxygen atoms in total. The van der Waals surface area contributed by atoms with Crippen molar-refractivity contribution >= 4 is 12.4 Å². The normalized spacial score (nSPS) is 10.7. The van der Waals surface area contributed by atoms with Gasteiger partial charge in [0.2, 0.25) is 0 Å². The van der Waals surface area contributed by atoms with Crippen LogP contribution < -0.4 is 0 Å². The molecule has 0 saturated carbocycles. The Hall–Kier alpha value is -0.500. The van der Waals surface area contributed by atoms with E-state index in [9.17, 15) is 0 Å². The van der Waals surface area contributed by atoms with Crippen molar-refractivity contribution in [3.8, 4) is 0 Å². The Morgan fingerprint density at radius 1 is 0.667 bits per heavy atom. The van der Waals surface area contributed by atoms with Crippen molar-refractivity contribution in [2.75, 3.05) is 0 Å². The smallest absolute Gasteiger partial charge is 0.105 e. The number of hydrogen-bond acceptors (Lipinski definition) is 1. The van der Waals surface area contributed by atoms with E-state index < -0.39 is 0 Å². The molecule has 0 radical (unpaired) electrons. The third-order valence-corrected chi connectivity index (χ3v) is 4.82. The number of hydrogen-bond donors (Lipinski definition) is 1. The van der Waals surface area contributed by atoms with Crippen LogP contribution in [0.1, 0.15) is 115 Å². The van der Waals surface area contributed by atoms with Crippen LogP contribution in [-0.2, 0) is 6.42 Å². The van der Waals surface area contributed by atoms with Crippen molar-refractivity contribution in [1.29, 1.82) is 0 Å². The maximum Gasteiger partial charge on any atom is 0.105 e. The van der Waals surface area contributed by atoms with Gasteiger partial charge in [0.1, 0.15) is 5.82 Å². The van der Waals surface area contributed by atoms with Crippen LogP contribution in [0.25, 0.3) is 0 Å². The highest BCUT2D eigenvalue weighted by molar-refractivity contribution is 5.85. The molecule has 1 N–H and O–H groups in total. The van der Waals surface area contributed by atoms with Crippen LogP contribution in [0.3, 0.4) is 0 Å². The van der Waals surface area contributed by atoms with Crippen LogP contribution in [-0.4, -0.2) is 9.97 Å². The van der Waals surface area contributed by atoms with E-state index in [4.69, 9.17) is 0 Å². The first-order valence-electron chi connectivity index (χ1n) is 10.4. The van der Waals surface area contributed by atoms with Crippen LogP contribution in [0, 0.1) is 0 Å². The summed E-state index contributed by atoms with van der Waals surface area (Å²) in [7, 11) is 0. The summed E-state index contributed by atoms with van der Waals surface area (Å²) in [6.45, 7) is 2.29. The maximum atomic E-state index is 4.27. The molecule has 1 aromatic rings. The third-order valence-electron chi connectivity index (χ3n) is 4.82. The Morgan fingerprint density at radius 3 is 1.46 bits per heavy atom. The van der Waals surface area contributed by atoms with Gasteiger partial charge in [0.05, 0.1) is 0 Å². The molecule has 0 amide bonds. The first kappa shape index (κ1) is 23.5. The first-order chi connectivity index (χ1) is 11.4. The van der Waals surface area contributed by atoms with E-state index in [1.807, 2.05) is 12.4 Å². The van der Waals surface area contributed by atoms with Gasteiger partial charge in [-0.2, -0.15) is 0 Å². The highest BCUT2D eigenvalue weighted by atomic mass is 35.5. The molecule has 24 heavy (non-hydrogen) atoms. The first-order valence-corrected chi connectivity index (χ1v) is 10.4. The van der Waals surface area contributed by atoms with Crippen molar-refractivity contribution in [3.63, 3.8) is 0 Å². The molecule has 1 heterocycles. The van der Waals surface area contributed by atoms with Crippen LogP contribution in [0.5, 0.6) is 0 Å². The summed E-state index contributed by atoms with van der Waals surface area (Å²) in [6.07, 6.45) is 27.8. The molecule has 0 saturated heterocycles. The molecule has 0 atom stereocenters. The van der Waals surface area contributed by atoms with E-state index in [0.29, 0.717) is 0 Å². The van der Waals surface area contributed by atoms with E-state index in [0.717, 1.165) is 12.2 Å². The predicted molar refractivity (Wildman–Crippen MR) is 109 cm³/mol. The lowest BCUT2D eigenvalue weighted by Gasteiger charge is -2.03. The number of unbranched alkanes of at least 4 members (excludes halogenated alkanes) is 15. The van der Waals surface area contributed by atoms with Gasteiger partial charge in [0.25, 0.3) is 0 Å². The molecule has 0 fully saturated rings. The number of rotatable bonds is 17. The third kappa shape index (κ3) is 15.1. The number of aryl methyl sites for hydroxylation is 1. The second-order valence-corrected chi connectivity index (χ2v) is 7.09. The Balaban J connectivity index is 0.00000529. The van der Waals surface area contributed by atoms with Crippen molar-refractivity contribution in [2.24, 2.45) is 0 Å². The Bertz CT molecular complexity index is 325. The second-order valence-electron chi connectivity index (χ2n) is 7.09. The quantitative estimate of drug-likeness (QED) is 0.285. The zero-order valence-corrected chi connectivity index (χ0v) is 16.8. The molecule has 3 heteroatoms. The summed E-state index contributed by atoms with van der Waals surface area (Å²) < 4.78 is 0. The topological polar surface area (TPSA) is 28.7 Å². The fraction of sp³-hybridized carbons (Fsp3) is 0.857. The zero-order valence-electron chi connectivity index (χ0n) is 16.0. The molecule has 0 bridgehead atoms. The van der Waals surface area contributed by atoms with Gasteiger partial charge in [-0.05, 0) is 6.42 Å². The minimum atomic E-state index is 0. The van der Waals surface area contributed by atoms with Crippen molar-refractivity contribution < 1.29 is 0 Å². The SMILES string of the molecule is CCCCCCCCCCCCCCCCCCc1ncc[nH]1.Cl. The molecule has 142 valence electrons.